The molecule has 2 atom stereocenters. The van der Waals surface area contributed by atoms with Crippen molar-refractivity contribution in [3.63, 3.8) is 0 Å². The molecule has 41 heavy (non-hydrogen) atoms. The largest absolute Gasteiger partial charge is 0.493 e. The van der Waals surface area contributed by atoms with Gasteiger partial charge in [-0.15, -0.1) is 0 Å². The number of ether oxygens (including phenoxy) is 4. The second-order valence-electron chi connectivity index (χ2n) is 11.0. The Morgan fingerprint density at radius 1 is 0.951 bits per heavy atom. The number of carbonyl (C=O) groups is 3. The monoisotopic (exact) mass is 559 g/mol. The number of nitrogens with zero attached hydrogens (tertiary/aromatic N) is 1. The van der Waals surface area contributed by atoms with E-state index >= 15 is 0 Å². The molecule has 3 aromatic carbocycles. The van der Waals surface area contributed by atoms with Crippen LogP contribution in [-0.4, -0.2) is 48.2 Å². The topological polar surface area (TPSA) is 91.4 Å². The van der Waals surface area contributed by atoms with Crippen LogP contribution in [0.15, 0.2) is 78.9 Å². The minimum Gasteiger partial charge on any atom is -0.493 e. The van der Waals surface area contributed by atoms with E-state index in [1.807, 2.05) is 60.7 Å². The van der Waals surface area contributed by atoms with Gasteiger partial charge >= 0.3 is 12.1 Å². The van der Waals surface area contributed by atoms with Crippen LogP contribution in [0.3, 0.4) is 0 Å². The molecular weight excluding hydrogens is 522 g/mol. The van der Waals surface area contributed by atoms with E-state index in [2.05, 4.69) is 0 Å². The highest BCUT2D eigenvalue weighted by Gasteiger charge is 2.41. The van der Waals surface area contributed by atoms with E-state index in [0.29, 0.717) is 30.1 Å². The molecule has 0 aliphatic carbocycles. The normalized spacial score (nSPS) is 15.7. The molecule has 0 N–H and O–H groups in total. The predicted molar refractivity (Wildman–Crippen MR) is 154 cm³/mol. The molecule has 2 amide bonds. The van der Waals surface area contributed by atoms with Gasteiger partial charge < -0.3 is 18.9 Å². The molecule has 0 bridgehead atoms. The summed E-state index contributed by atoms with van der Waals surface area (Å²) in [6, 6.07) is 24.1. The van der Waals surface area contributed by atoms with Gasteiger partial charge in [0.15, 0.2) is 11.5 Å². The van der Waals surface area contributed by atoms with Crippen LogP contribution in [0.1, 0.15) is 56.2 Å². The quantitative estimate of drug-likeness (QED) is 0.263. The zero-order valence-corrected chi connectivity index (χ0v) is 24.0. The first kappa shape index (κ1) is 29.6. The molecule has 0 unspecified atom stereocenters. The van der Waals surface area contributed by atoms with E-state index in [-0.39, 0.29) is 19.4 Å². The van der Waals surface area contributed by atoms with Crippen molar-refractivity contribution in [2.45, 2.75) is 64.2 Å². The molecule has 3 aromatic rings. The molecule has 0 saturated carbocycles. The van der Waals surface area contributed by atoms with Crippen LogP contribution >= 0.6 is 0 Å². The van der Waals surface area contributed by atoms with Crippen LogP contribution in [0, 0.1) is 0 Å². The van der Waals surface area contributed by atoms with Crippen LogP contribution < -0.4 is 9.47 Å². The summed E-state index contributed by atoms with van der Waals surface area (Å²) in [6.07, 6.45) is -0.0931. The second-order valence-corrected chi connectivity index (χ2v) is 11.0. The third-order valence-electron chi connectivity index (χ3n) is 6.70. The highest BCUT2D eigenvalue weighted by Crippen LogP contribution is 2.35. The van der Waals surface area contributed by atoms with E-state index in [1.54, 1.807) is 46.1 Å². The number of hydrogen-bond donors (Lipinski definition) is 0. The Morgan fingerprint density at radius 2 is 1.61 bits per heavy atom. The molecule has 4 rings (SSSR count). The van der Waals surface area contributed by atoms with Gasteiger partial charge in [0.1, 0.15) is 18.8 Å². The zero-order chi connectivity index (χ0) is 29.4. The lowest BCUT2D eigenvalue weighted by Crippen LogP contribution is -2.43. The summed E-state index contributed by atoms with van der Waals surface area (Å²) in [5.74, 6) is -0.721. The Hall–Kier alpha value is -4.33. The Labute approximate surface area is 241 Å². The predicted octanol–water partition coefficient (Wildman–Crippen LogP) is 6.07. The fraction of sp³-hybridized carbons (Fsp3) is 0.364. The number of esters is 1. The molecule has 1 aliphatic heterocycles. The summed E-state index contributed by atoms with van der Waals surface area (Å²) in [4.78, 5) is 40.8. The third kappa shape index (κ3) is 8.10. The van der Waals surface area contributed by atoms with Crippen molar-refractivity contribution in [2.24, 2.45) is 0 Å². The summed E-state index contributed by atoms with van der Waals surface area (Å²) in [6.45, 7) is 5.78. The van der Waals surface area contributed by atoms with Crippen molar-refractivity contribution in [1.29, 1.82) is 0 Å². The standard InChI is InChI=1S/C33H37NO7/c1-33(2,3)41-30(35)18-16-27(31(36)34-26(22-40-32(34)37)19-23-11-7-5-8-12-23)25-15-17-28(38-4)29(20-25)39-21-24-13-9-6-10-14-24/h5-15,17,20,26-27H,16,18-19,21-22H2,1-4H3/t26-,27-/m0/s1. The maximum atomic E-state index is 14.1. The Bertz CT molecular complexity index is 1330. The second kappa shape index (κ2) is 13.4. The van der Waals surface area contributed by atoms with E-state index in [1.165, 1.54) is 4.90 Å². The van der Waals surface area contributed by atoms with E-state index in [9.17, 15) is 14.4 Å². The van der Waals surface area contributed by atoms with Crippen LogP contribution in [0.25, 0.3) is 0 Å². The first-order valence-corrected chi connectivity index (χ1v) is 13.7. The molecular formula is C33H37NO7. The maximum absolute atomic E-state index is 14.1. The fourth-order valence-corrected chi connectivity index (χ4v) is 4.78. The first-order valence-electron chi connectivity index (χ1n) is 13.7. The molecule has 0 aromatic heterocycles. The number of cyclic esters (lactones) is 1. The van der Waals surface area contributed by atoms with Gasteiger partial charge in [0.25, 0.3) is 0 Å². The summed E-state index contributed by atoms with van der Waals surface area (Å²) in [5, 5.41) is 0. The highest BCUT2D eigenvalue weighted by molar-refractivity contribution is 5.97. The summed E-state index contributed by atoms with van der Waals surface area (Å²) >= 11 is 0. The molecule has 1 saturated heterocycles. The first-order chi connectivity index (χ1) is 19.6. The molecule has 216 valence electrons. The number of methoxy groups -OCH3 is 1. The van der Waals surface area contributed by atoms with Crippen molar-refractivity contribution in [3.05, 3.63) is 95.6 Å². The van der Waals surface area contributed by atoms with Gasteiger partial charge in [-0.25, -0.2) is 9.69 Å². The minimum atomic E-state index is -0.823. The van der Waals surface area contributed by atoms with Gasteiger partial charge in [-0.3, -0.25) is 9.59 Å². The maximum Gasteiger partial charge on any atom is 0.417 e. The summed E-state index contributed by atoms with van der Waals surface area (Å²) in [7, 11) is 1.55. The lowest BCUT2D eigenvalue weighted by Gasteiger charge is -2.26. The van der Waals surface area contributed by atoms with Gasteiger partial charge in [-0.05, 0) is 62.4 Å². The molecule has 1 aliphatic rings. The highest BCUT2D eigenvalue weighted by atomic mass is 16.6. The van der Waals surface area contributed by atoms with Crippen molar-refractivity contribution >= 4 is 18.0 Å². The van der Waals surface area contributed by atoms with Gasteiger partial charge in [0, 0.05) is 6.42 Å². The zero-order valence-electron chi connectivity index (χ0n) is 24.0. The molecule has 0 spiro atoms. The van der Waals surface area contributed by atoms with Crippen molar-refractivity contribution in [1.82, 2.24) is 4.90 Å². The molecule has 8 heteroatoms. The summed E-state index contributed by atoms with van der Waals surface area (Å²) < 4.78 is 22.4. The van der Waals surface area contributed by atoms with Crippen molar-refractivity contribution in [2.75, 3.05) is 13.7 Å². The average Bonchev–Trinajstić information content (AvgIpc) is 3.31. The third-order valence-corrected chi connectivity index (χ3v) is 6.70. The fourth-order valence-electron chi connectivity index (χ4n) is 4.78. The Morgan fingerprint density at radius 3 is 2.24 bits per heavy atom. The molecule has 0 radical (unpaired) electrons. The van der Waals surface area contributed by atoms with Gasteiger partial charge in [0.05, 0.1) is 19.1 Å². The minimum absolute atomic E-state index is 0.00779. The van der Waals surface area contributed by atoms with Crippen LogP contribution in [0.2, 0.25) is 0 Å². The van der Waals surface area contributed by atoms with Crippen LogP contribution in [0.5, 0.6) is 11.5 Å². The van der Waals surface area contributed by atoms with E-state index < -0.39 is 35.5 Å². The average molecular weight is 560 g/mol. The Kier molecular flexibility index (Phi) is 9.65. The van der Waals surface area contributed by atoms with Crippen LogP contribution in [0.4, 0.5) is 4.79 Å². The molecule has 1 heterocycles. The lowest BCUT2D eigenvalue weighted by atomic mass is 9.91. The Balaban J connectivity index is 1.62. The van der Waals surface area contributed by atoms with Crippen molar-refractivity contribution < 1.29 is 33.3 Å². The van der Waals surface area contributed by atoms with Gasteiger partial charge in [-0.2, -0.15) is 0 Å². The SMILES string of the molecule is COc1ccc([C@H](CCC(=O)OC(C)(C)C)C(=O)N2C(=O)OC[C@@H]2Cc2ccccc2)cc1OCc1ccccc1. The number of rotatable bonds is 11. The lowest BCUT2D eigenvalue weighted by molar-refractivity contribution is -0.155. The van der Waals surface area contributed by atoms with Crippen molar-refractivity contribution in [3.8, 4) is 11.5 Å². The number of imide groups is 1. The van der Waals surface area contributed by atoms with Gasteiger partial charge in [-0.1, -0.05) is 66.7 Å². The van der Waals surface area contributed by atoms with E-state index in [0.717, 1.165) is 11.1 Å². The number of hydrogen-bond acceptors (Lipinski definition) is 7. The number of amides is 2. The number of benzene rings is 3. The molecule has 1 fully saturated rings. The van der Waals surface area contributed by atoms with Crippen LogP contribution in [-0.2, 0) is 32.1 Å². The smallest absolute Gasteiger partial charge is 0.417 e. The van der Waals surface area contributed by atoms with Gasteiger partial charge in [0.2, 0.25) is 5.91 Å². The molecule has 8 nitrogen and oxygen atoms in total. The van der Waals surface area contributed by atoms with E-state index in [4.69, 9.17) is 18.9 Å². The number of carbonyl (C=O) groups excluding carboxylic acids is 3. The summed E-state index contributed by atoms with van der Waals surface area (Å²) in [5.41, 5.74) is 1.90.